The minimum Gasteiger partial charge on any atom is -0.461 e. The number of nitrogens with one attached hydrogen (secondary N) is 1. The van der Waals surface area contributed by atoms with E-state index in [0.717, 1.165) is 5.56 Å². The monoisotopic (exact) mass is 315 g/mol. The molecule has 0 spiro atoms. The lowest BCUT2D eigenvalue weighted by molar-refractivity contribution is -0.145. The Hall–Kier alpha value is -2.69. The minimum absolute atomic E-state index is 0.0158. The lowest BCUT2D eigenvalue weighted by Crippen LogP contribution is -2.28. The van der Waals surface area contributed by atoms with Crippen molar-refractivity contribution in [1.29, 1.82) is 0 Å². The van der Waals surface area contributed by atoms with Crippen molar-refractivity contribution < 1.29 is 18.7 Å². The number of esters is 1. The Morgan fingerprint density at radius 2 is 1.74 bits per heavy atom. The molecule has 0 aromatic heterocycles. The molecule has 120 valence electrons. The number of hydrogen-bond donors (Lipinski definition) is 1. The fraction of sp³-hybridized carbons (Fsp3) is 0.222. The predicted octanol–water partition coefficient (Wildman–Crippen LogP) is 3.14. The molecule has 4 nitrogen and oxygen atoms in total. The number of benzene rings is 2. The van der Waals surface area contributed by atoms with Crippen molar-refractivity contribution in [2.24, 2.45) is 0 Å². The zero-order chi connectivity index (χ0) is 16.7. The van der Waals surface area contributed by atoms with Gasteiger partial charge in [-0.15, -0.1) is 0 Å². The molecule has 0 fully saturated rings. The van der Waals surface area contributed by atoms with E-state index in [1.807, 2.05) is 30.3 Å². The summed E-state index contributed by atoms with van der Waals surface area (Å²) in [5.74, 6) is -1.15. The molecule has 0 radical (unpaired) electrons. The van der Waals surface area contributed by atoms with E-state index in [-0.39, 0.29) is 18.9 Å². The first-order valence-electron chi connectivity index (χ1n) is 7.27. The standard InChI is InChI=1S/C18H18FNO3/c1-13(21)20-17(14-7-3-2-4-8-14)11-18(22)23-12-15-9-5-6-10-16(15)19/h2-10,17H,11-12H2,1H3,(H,20,21)/t17-/m1/s1. The third kappa shape index (κ3) is 5.21. The highest BCUT2D eigenvalue weighted by Gasteiger charge is 2.18. The molecule has 2 rings (SSSR count). The highest BCUT2D eigenvalue weighted by molar-refractivity contribution is 5.76. The Balaban J connectivity index is 1.98. The summed E-state index contributed by atoms with van der Waals surface area (Å²) in [5, 5.41) is 2.72. The molecule has 5 heteroatoms. The molecular weight excluding hydrogens is 297 g/mol. The van der Waals surface area contributed by atoms with E-state index in [1.54, 1.807) is 18.2 Å². The van der Waals surface area contributed by atoms with Crippen LogP contribution >= 0.6 is 0 Å². The average molecular weight is 315 g/mol. The first-order valence-corrected chi connectivity index (χ1v) is 7.27. The summed E-state index contributed by atoms with van der Waals surface area (Å²) in [6.07, 6.45) is -0.0158. The summed E-state index contributed by atoms with van der Waals surface area (Å²) in [7, 11) is 0. The first kappa shape index (κ1) is 16.7. The van der Waals surface area contributed by atoms with Gasteiger partial charge in [0.2, 0.25) is 5.91 Å². The van der Waals surface area contributed by atoms with Gasteiger partial charge in [-0.2, -0.15) is 0 Å². The van der Waals surface area contributed by atoms with Gasteiger partial charge in [0.15, 0.2) is 0 Å². The molecule has 0 unspecified atom stereocenters. The van der Waals surface area contributed by atoms with Gasteiger partial charge >= 0.3 is 5.97 Å². The number of carbonyl (C=O) groups is 2. The van der Waals surface area contributed by atoms with E-state index < -0.39 is 17.8 Å². The number of amides is 1. The van der Waals surface area contributed by atoms with Gasteiger partial charge in [0.25, 0.3) is 0 Å². The lowest BCUT2D eigenvalue weighted by Gasteiger charge is -2.17. The smallest absolute Gasteiger partial charge is 0.308 e. The molecular formula is C18H18FNO3. The first-order chi connectivity index (χ1) is 11.1. The average Bonchev–Trinajstić information content (AvgIpc) is 2.54. The largest absolute Gasteiger partial charge is 0.461 e. The number of carbonyl (C=O) groups excluding carboxylic acids is 2. The quantitative estimate of drug-likeness (QED) is 0.833. The Labute approximate surface area is 134 Å². The molecule has 0 saturated carbocycles. The Bertz CT molecular complexity index is 673. The van der Waals surface area contributed by atoms with Gasteiger partial charge in [-0.25, -0.2) is 4.39 Å². The molecule has 0 aliphatic rings. The van der Waals surface area contributed by atoms with Crippen molar-refractivity contribution in [3.63, 3.8) is 0 Å². The number of hydrogen-bond acceptors (Lipinski definition) is 3. The van der Waals surface area contributed by atoms with E-state index in [9.17, 15) is 14.0 Å². The fourth-order valence-electron chi connectivity index (χ4n) is 2.18. The van der Waals surface area contributed by atoms with Crippen LogP contribution in [0.15, 0.2) is 54.6 Å². The summed E-state index contributed by atoms with van der Waals surface area (Å²) in [6, 6.07) is 14.8. The van der Waals surface area contributed by atoms with Crippen molar-refractivity contribution >= 4 is 11.9 Å². The van der Waals surface area contributed by atoms with Crippen LogP contribution in [0.3, 0.4) is 0 Å². The highest BCUT2D eigenvalue weighted by atomic mass is 19.1. The van der Waals surface area contributed by atoms with Crippen LogP contribution in [0.25, 0.3) is 0 Å². The lowest BCUT2D eigenvalue weighted by atomic mass is 10.0. The van der Waals surface area contributed by atoms with E-state index in [1.165, 1.54) is 13.0 Å². The fourth-order valence-corrected chi connectivity index (χ4v) is 2.18. The van der Waals surface area contributed by atoms with E-state index >= 15 is 0 Å². The predicted molar refractivity (Wildman–Crippen MR) is 83.8 cm³/mol. The van der Waals surface area contributed by atoms with E-state index in [4.69, 9.17) is 4.74 Å². The molecule has 2 aromatic carbocycles. The Morgan fingerprint density at radius 1 is 1.09 bits per heavy atom. The van der Waals surface area contributed by atoms with Gasteiger partial charge in [-0.1, -0.05) is 48.5 Å². The van der Waals surface area contributed by atoms with Crippen molar-refractivity contribution in [2.75, 3.05) is 0 Å². The molecule has 2 aromatic rings. The van der Waals surface area contributed by atoms with E-state index in [2.05, 4.69) is 5.32 Å². The minimum atomic E-state index is -0.504. The van der Waals surface area contributed by atoms with Gasteiger partial charge < -0.3 is 10.1 Å². The molecule has 0 heterocycles. The van der Waals surface area contributed by atoms with Crippen LogP contribution in [0.5, 0.6) is 0 Å². The van der Waals surface area contributed by atoms with Gasteiger partial charge in [-0.3, -0.25) is 9.59 Å². The highest BCUT2D eigenvalue weighted by Crippen LogP contribution is 2.18. The van der Waals surface area contributed by atoms with E-state index in [0.29, 0.717) is 5.56 Å². The molecule has 23 heavy (non-hydrogen) atoms. The van der Waals surface area contributed by atoms with Crippen LogP contribution in [-0.2, 0) is 20.9 Å². The molecule has 1 amide bonds. The maximum atomic E-state index is 13.5. The molecule has 0 aliphatic carbocycles. The third-order valence-corrected chi connectivity index (χ3v) is 3.30. The normalized spacial score (nSPS) is 11.6. The third-order valence-electron chi connectivity index (χ3n) is 3.30. The van der Waals surface area contributed by atoms with Crippen molar-refractivity contribution in [1.82, 2.24) is 5.32 Å². The second-order valence-electron chi connectivity index (χ2n) is 5.12. The maximum absolute atomic E-state index is 13.5. The molecule has 0 bridgehead atoms. The summed E-state index contributed by atoms with van der Waals surface area (Å²) in [6.45, 7) is 1.26. The second kappa shape index (κ2) is 8.08. The SMILES string of the molecule is CC(=O)N[C@H](CC(=O)OCc1ccccc1F)c1ccccc1. The van der Waals surface area contributed by atoms with Crippen molar-refractivity contribution in [3.8, 4) is 0 Å². The van der Waals surface area contributed by atoms with Crippen molar-refractivity contribution in [3.05, 3.63) is 71.5 Å². The second-order valence-corrected chi connectivity index (χ2v) is 5.12. The van der Waals surface area contributed by atoms with Crippen LogP contribution in [0.2, 0.25) is 0 Å². The molecule has 0 saturated heterocycles. The number of rotatable bonds is 6. The zero-order valence-corrected chi connectivity index (χ0v) is 12.8. The van der Waals surface area contributed by atoms with Crippen LogP contribution in [-0.4, -0.2) is 11.9 Å². The van der Waals surface area contributed by atoms with Gasteiger partial charge in [0, 0.05) is 12.5 Å². The van der Waals surface area contributed by atoms with Crippen LogP contribution in [0.1, 0.15) is 30.5 Å². The maximum Gasteiger partial charge on any atom is 0.308 e. The summed E-state index contributed by atoms with van der Waals surface area (Å²) in [5.41, 5.74) is 1.13. The topological polar surface area (TPSA) is 55.4 Å². The van der Waals surface area contributed by atoms with Gasteiger partial charge in [0.05, 0.1) is 12.5 Å². The van der Waals surface area contributed by atoms with Crippen molar-refractivity contribution in [2.45, 2.75) is 26.0 Å². The van der Waals surface area contributed by atoms with Gasteiger partial charge in [-0.05, 0) is 11.6 Å². The molecule has 1 N–H and O–H groups in total. The Kier molecular flexibility index (Phi) is 5.86. The van der Waals surface area contributed by atoms with Crippen LogP contribution in [0.4, 0.5) is 4.39 Å². The summed E-state index contributed by atoms with van der Waals surface area (Å²) >= 11 is 0. The van der Waals surface area contributed by atoms with Crippen LogP contribution in [0, 0.1) is 5.82 Å². The van der Waals surface area contributed by atoms with Crippen LogP contribution < -0.4 is 5.32 Å². The Morgan fingerprint density at radius 3 is 2.39 bits per heavy atom. The number of ether oxygens (including phenoxy) is 1. The van der Waals surface area contributed by atoms with Gasteiger partial charge in [0.1, 0.15) is 12.4 Å². The summed E-state index contributed by atoms with van der Waals surface area (Å²) in [4.78, 5) is 23.3. The molecule has 0 aliphatic heterocycles. The summed E-state index contributed by atoms with van der Waals surface area (Å²) < 4.78 is 18.6. The zero-order valence-electron chi connectivity index (χ0n) is 12.8. The molecule has 1 atom stereocenters. The number of halogens is 1.